The Morgan fingerprint density at radius 1 is 1.00 bits per heavy atom. The molecule has 2 aromatic rings. The number of ether oxygens (including phenoxy) is 1. The molecule has 1 amide bonds. The molecule has 4 atom stereocenters. The maximum absolute atomic E-state index is 11.7. The number of rotatable bonds is 7. The lowest BCUT2D eigenvalue weighted by atomic mass is 9.79. The molecule has 1 heterocycles. The molecule has 1 aliphatic rings. The van der Waals surface area contributed by atoms with E-state index in [1.54, 1.807) is 6.92 Å². The number of nitrogens with one attached hydrogen (secondary N) is 1. The monoisotopic (exact) mass is 380 g/mol. The van der Waals surface area contributed by atoms with Crippen molar-refractivity contribution in [3.8, 4) is 0 Å². The number of hydrogen-bond acceptors (Lipinski definition) is 3. The van der Waals surface area contributed by atoms with E-state index in [1.807, 2.05) is 24.3 Å². The lowest BCUT2D eigenvalue weighted by Crippen LogP contribution is -2.60. The van der Waals surface area contributed by atoms with Crippen molar-refractivity contribution in [2.45, 2.75) is 46.0 Å². The fourth-order valence-electron chi connectivity index (χ4n) is 4.17. The number of piperidine rings is 1. The Morgan fingerprint density at radius 3 is 2.21 bits per heavy atom. The second-order valence-electron chi connectivity index (χ2n) is 8.01. The van der Waals surface area contributed by atoms with Crippen molar-refractivity contribution in [2.75, 3.05) is 13.2 Å². The largest absolute Gasteiger partial charge is 0.375 e. The smallest absolute Gasteiger partial charge is 0.217 e. The summed E-state index contributed by atoms with van der Waals surface area (Å²) in [4.78, 5) is 14.2. The fraction of sp³-hybridized carbons (Fsp3) is 0.458. The number of amides is 1. The lowest BCUT2D eigenvalue weighted by Gasteiger charge is -2.47. The average molecular weight is 381 g/mol. The minimum Gasteiger partial charge on any atom is -0.375 e. The number of carbonyl (C=O) groups is 1. The second kappa shape index (κ2) is 9.85. The average Bonchev–Trinajstić information content (AvgIpc) is 2.69. The van der Waals surface area contributed by atoms with Gasteiger partial charge in [0.2, 0.25) is 5.91 Å². The highest BCUT2D eigenvalue weighted by Gasteiger charge is 2.39. The molecule has 0 spiro atoms. The molecule has 4 unspecified atom stereocenters. The van der Waals surface area contributed by atoms with Crippen molar-refractivity contribution in [1.82, 2.24) is 10.2 Å². The van der Waals surface area contributed by atoms with Crippen molar-refractivity contribution >= 4 is 5.91 Å². The summed E-state index contributed by atoms with van der Waals surface area (Å²) in [6.45, 7) is 9.18. The van der Waals surface area contributed by atoms with Crippen LogP contribution in [0.4, 0.5) is 0 Å². The van der Waals surface area contributed by atoms with E-state index >= 15 is 0 Å². The number of nitrogens with zero attached hydrogens (tertiary/aromatic N) is 1. The normalized spacial score (nSPS) is 25.4. The molecular weight excluding hydrogens is 348 g/mol. The third kappa shape index (κ3) is 5.43. The first-order chi connectivity index (χ1) is 13.5. The molecule has 4 heteroatoms. The molecule has 4 nitrogen and oxygen atoms in total. The van der Waals surface area contributed by atoms with Crippen LogP contribution >= 0.6 is 0 Å². The molecule has 1 fully saturated rings. The zero-order chi connectivity index (χ0) is 19.9. The van der Waals surface area contributed by atoms with Crippen LogP contribution in [0.1, 0.15) is 31.9 Å². The van der Waals surface area contributed by atoms with Gasteiger partial charge in [0, 0.05) is 32.1 Å². The van der Waals surface area contributed by atoms with Crippen molar-refractivity contribution in [1.29, 1.82) is 0 Å². The Labute approximate surface area is 168 Å². The topological polar surface area (TPSA) is 41.6 Å². The highest BCUT2D eigenvalue weighted by Crippen LogP contribution is 2.30. The quantitative estimate of drug-likeness (QED) is 0.793. The first kappa shape index (κ1) is 20.6. The van der Waals surface area contributed by atoms with Crippen LogP contribution in [-0.2, 0) is 22.7 Å². The van der Waals surface area contributed by atoms with Crippen LogP contribution < -0.4 is 5.32 Å². The van der Waals surface area contributed by atoms with Crippen molar-refractivity contribution < 1.29 is 9.53 Å². The molecular formula is C24H32N2O2. The molecule has 2 aromatic carbocycles. The van der Waals surface area contributed by atoms with Gasteiger partial charge in [0.05, 0.1) is 13.2 Å². The summed E-state index contributed by atoms with van der Waals surface area (Å²) < 4.78 is 6.13. The van der Waals surface area contributed by atoms with Gasteiger partial charge in [0.25, 0.3) is 0 Å². The van der Waals surface area contributed by atoms with E-state index in [9.17, 15) is 4.79 Å². The summed E-state index contributed by atoms with van der Waals surface area (Å²) in [5.74, 6) is 0.869. The van der Waals surface area contributed by atoms with Crippen LogP contribution in [0.2, 0.25) is 0 Å². The summed E-state index contributed by atoms with van der Waals surface area (Å²) in [5.41, 5.74) is 2.49. The molecule has 1 saturated heterocycles. The number of carbonyl (C=O) groups excluding carboxylic acids is 1. The van der Waals surface area contributed by atoms with Gasteiger partial charge in [-0.15, -0.1) is 0 Å². The third-order valence-corrected chi connectivity index (χ3v) is 5.99. The van der Waals surface area contributed by atoms with E-state index in [-0.39, 0.29) is 11.9 Å². The van der Waals surface area contributed by atoms with Crippen LogP contribution in [-0.4, -0.2) is 36.0 Å². The van der Waals surface area contributed by atoms with Gasteiger partial charge < -0.3 is 10.1 Å². The van der Waals surface area contributed by atoms with Crippen LogP contribution in [0.3, 0.4) is 0 Å². The van der Waals surface area contributed by atoms with Gasteiger partial charge in [-0.3, -0.25) is 9.69 Å². The molecule has 3 rings (SSSR count). The lowest BCUT2D eigenvalue weighted by molar-refractivity contribution is -0.121. The molecule has 1 N–H and O–H groups in total. The van der Waals surface area contributed by atoms with Gasteiger partial charge in [-0.2, -0.15) is 0 Å². The summed E-state index contributed by atoms with van der Waals surface area (Å²) >= 11 is 0. The van der Waals surface area contributed by atoms with E-state index in [1.165, 1.54) is 11.1 Å². The van der Waals surface area contributed by atoms with E-state index in [0.29, 0.717) is 31.1 Å². The number of likely N-dealkylation sites (tertiary alicyclic amines) is 1. The number of benzene rings is 2. The van der Waals surface area contributed by atoms with Crippen molar-refractivity contribution in [2.24, 2.45) is 11.8 Å². The van der Waals surface area contributed by atoms with Gasteiger partial charge >= 0.3 is 0 Å². The summed E-state index contributed by atoms with van der Waals surface area (Å²) in [6, 6.07) is 21.3. The van der Waals surface area contributed by atoms with Crippen LogP contribution in [0.15, 0.2) is 60.7 Å². The molecule has 0 bridgehead atoms. The molecule has 150 valence electrons. The highest BCUT2D eigenvalue weighted by atomic mass is 16.5. The maximum atomic E-state index is 11.7. The molecule has 0 saturated carbocycles. The van der Waals surface area contributed by atoms with E-state index < -0.39 is 0 Å². The van der Waals surface area contributed by atoms with Crippen LogP contribution in [0, 0.1) is 11.8 Å². The Morgan fingerprint density at radius 2 is 1.61 bits per heavy atom. The first-order valence-corrected chi connectivity index (χ1v) is 10.2. The zero-order valence-corrected chi connectivity index (χ0v) is 17.2. The minimum absolute atomic E-state index is 0.0440. The molecule has 1 aliphatic heterocycles. The Kier molecular flexibility index (Phi) is 7.24. The van der Waals surface area contributed by atoms with Gasteiger partial charge in [0.15, 0.2) is 0 Å². The summed E-state index contributed by atoms with van der Waals surface area (Å²) in [6.07, 6.45) is 0. The van der Waals surface area contributed by atoms with E-state index in [4.69, 9.17) is 4.74 Å². The standard InChI is InChI=1S/C24H32N2O2/c1-18-19(2)24(17-28-16-22-12-8-5-9-13-22)26(15-23(18)25-20(3)27)14-21-10-6-4-7-11-21/h4-13,18-19,23-24H,14-17H2,1-3H3,(H,25,27). The molecule has 0 aromatic heterocycles. The van der Waals surface area contributed by atoms with Crippen molar-refractivity contribution in [3.63, 3.8) is 0 Å². The highest BCUT2D eigenvalue weighted by molar-refractivity contribution is 5.73. The number of hydrogen-bond donors (Lipinski definition) is 1. The third-order valence-electron chi connectivity index (χ3n) is 5.99. The first-order valence-electron chi connectivity index (χ1n) is 10.2. The fourth-order valence-corrected chi connectivity index (χ4v) is 4.17. The van der Waals surface area contributed by atoms with Gasteiger partial charge in [-0.05, 0) is 23.0 Å². The Bertz CT molecular complexity index is 735. The maximum Gasteiger partial charge on any atom is 0.217 e. The van der Waals surface area contributed by atoms with E-state index in [2.05, 4.69) is 60.5 Å². The Hall–Kier alpha value is -2.17. The van der Waals surface area contributed by atoms with Crippen molar-refractivity contribution in [3.05, 3.63) is 71.8 Å². The van der Waals surface area contributed by atoms with Gasteiger partial charge in [-0.1, -0.05) is 74.5 Å². The minimum atomic E-state index is 0.0440. The van der Waals surface area contributed by atoms with E-state index in [0.717, 1.165) is 13.1 Å². The van der Waals surface area contributed by atoms with Gasteiger partial charge in [-0.25, -0.2) is 0 Å². The molecule has 28 heavy (non-hydrogen) atoms. The summed E-state index contributed by atoms with van der Waals surface area (Å²) in [7, 11) is 0. The second-order valence-corrected chi connectivity index (χ2v) is 8.01. The predicted molar refractivity (Wildman–Crippen MR) is 113 cm³/mol. The van der Waals surface area contributed by atoms with Crippen LogP contribution in [0.5, 0.6) is 0 Å². The predicted octanol–water partition coefficient (Wildman–Crippen LogP) is 3.86. The SMILES string of the molecule is CC(=O)NC1CN(Cc2ccccc2)C(COCc2ccccc2)C(C)C1C. The zero-order valence-electron chi connectivity index (χ0n) is 17.2. The van der Waals surface area contributed by atoms with Crippen LogP contribution in [0.25, 0.3) is 0 Å². The molecule has 0 aliphatic carbocycles. The molecule has 0 radical (unpaired) electrons. The Balaban J connectivity index is 1.70. The van der Waals surface area contributed by atoms with Gasteiger partial charge in [0.1, 0.15) is 0 Å². The summed E-state index contributed by atoms with van der Waals surface area (Å²) in [5, 5.41) is 3.16.